The molecule has 0 amide bonds. The maximum Gasteiger partial charge on any atom is 0.248 e. The molecule has 8 nitrogen and oxygen atoms in total. The number of fused-ring (bicyclic) bond motifs is 1. The molecule has 0 spiro atoms. The highest BCUT2D eigenvalue weighted by molar-refractivity contribution is 7.09. The Morgan fingerprint density at radius 1 is 1.08 bits per heavy atom. The third-order valence-electron chi connectivity index (χ3n) is 4.63. The van der Waals surface area contributed by atoms with E-state index in [0.29, 0.717) is 12.7 Å². The molecule has 1 saturated heterocycles. The molecule has 0 radical (unpaired) electrons. The first-order chi connectivity index (χ1) is 12.8. The summed E-state index contributed by atoms with van der Waals surface area (Å²) in [6.45, 7) is 5.12. The van der Waals surface area contributed by atoms with Crippen LogP contribution >= 0.6 is 11.5 Å². The van der Waals surface area contributed by atoms with Gasteiger partial charge in [-0.2, -0.15) is 9.36 Å². The van der Waals surface area contributed by atoms with Crippen LogP contribution in [0.3, 0.4) is 0 Å². The minimum absolute atomic E-state index is 0.320. The Bertz CT molecular complexity index is 889. The molecule has 4 heterocycles. The minimum Gasteiger partial charge on any atom is -0.454 e. The van der Waals surface area contributed by atoms with Gasteiger partial charge in [0.1, 0.15) is 6.33 Å². The first kappa shape index (κ1) is 15.6. The topological polar surface area (TPSA) is 68.5 Å². The maximum atomic E-state index is 5.47. The van der Waals surface area contributed by atoms with Crippen LogP contribution in [0.5, 0.6) is 11.5 Å². The van der Waals surface area contributed by atoms with Gasteiger partial charge in [0.2, 0.25) is 17.9 Å². The SMILES string of the molecule is c1cn(-c2nsc(N3CCN(Cc4ccc5c(c4)OCO5)CC3)n2)cn1. The number of ether oxygens (including phenoxy) is 2. The summed E-state index contributed by atoms with van der Waals surface area (Å²) in [5.74, 6) is 2.37. The van der Waals surface area contributed by atoms with Crippen LogP contribution in [0.2, 0.25) is 0 Å². The molecule has 3 aromatic rings. The summed E-state index contributed by atoms with van der Waals surface area (Å²) in [5, 5.41) is 0.969. The van der Waals surface area contributed by atoms with Gasteiger partial charge < -0.3 is 14.4 Å². The second-order valence-electron chi connectivity index (χ2n) is 6.30. The molecule has 0 atom stereocenters. The summed E-state index contributed by atoms with van der Waals surface area (Å²) in [6, 6.07) is 6.19. The molecule has 5 rings (SSSR count). The standard InChI is InChI=1S/C17H18N6O2S/c1-2-14-15(25-12-24-14)9-13(1)10-21-5-7-22(8-6-21)17-19-16(20-26-17)23-4-3-18-11-23/h1-4,9,11H,5-8,10,12H2. The van der Waals surface area contributed by atoms with E-state index in [4.69, 9.17) is 9.47 Å². The van der Waals surface area contributed by atoms with E-state index in [9.17, 15) is 0 Å². The third kappa shape index (κ3) is 2.99. The molecule has 9 heteroatoms. The molecule has 0 saturated carbocycles. The largest absolute Gasteiger partial charge is 0.454 e. The Labute approximate surface area is 154 Å². The average Bonchev–Trinajstić information content (AvgIpc) is 3.42. The maximum absolute atomic E-state index is 5.47. The first-order valence-corrected chi connectivity index (χ1v) is 9.30. The molecule has 0 aliphatic carbocycles. The lowest BCUT2D eigenvalue weighted by Crippen LogP contribution is -2.45. The van der Waals surface area contributed by atoms with E-state index in [0.717, 1.165) is 49.4 Å². The highest BCUT2D eigenvalue weighted by Crippen LogP contribution is 2.33. The number of nitrogens with zero attached hydrogens (tertiary/aromatic N) is 6. The van der Waals surface area contributed by atoms with E-state index in [1.165, 1.54) is 17.1 Å². The number of hydrogen-bond donors (Lipinski definition) is 0. The van der Waals surface area contributed by atoms with Crippen molar-refractivity contribution in [3.63, 3.8) is 0 Å². The van der Waals surface area contributed by atoms with Gasteiger partial charge in [-0.05, 0) is 17.7 Å². The smallest absolute Gasteiger partial charge is 0.248 e. The summed E-state index contributed by atoms with van der Waals surface area (Å²) < 4.78 is 17.1. The predicted molar refractivity (Wildman–Crippen MR) is 97.1 cm³/mol. The van der Waals surface area contributed by atoms with Crippen molar-refractivity contribution in [3.05, 3.63) is 42.5 Å². The zero-order valence-corrected chi connectivity index (χ0v) is 14.9. The molecule has 2 aromatic heterocycles. The molecule has 1 fully saturated rings. The van der Waals surface area contributed by atoms with E-state index in [2.05, 4.69) is 36.3 Å². The van der Waals surface area contributed by atoms with E-state index in [1.54, 1.807) is 12.5 Å². The number of piperazine rings is 1. The average molecular weight is 370 g/mol. The van der Waals surface area contributed by atoms with E-state index >= 15 is 0 Å². The van der Waals surface area contributed by atoms with Gasteiger partial charge in [-0.25, -0.2) is 4.98 Å². The highest BCUT2D eigenvalue weighted by Gasteiger charge is 2.21. The van der Waals surface area contributed by atoms with Crippen molar-refractivity contribution in [3.8, 4) is 17.4 Å². The van der Waals surface area contributed by atoms with E-state index in [-0.39, 0.29) is 0 Å². The van der Waals surface area contributed by atoms with Crippen LogP contribution < -0.4 is 14.4 Å². The normalized spacial score (nSPS) is 17.0. The van der Waals surface area contributed by atoms with Crippen molar-refractivity contribution < 1.29 is 9.47 Å². The van der Waals surface area contributed by atoms with Gasteiger partial charge in [-0.3, -0.25) is 9.47 Å². The number of rotatable bonds is 4. The second-order valence-corrected chi connectivity index (χ2v) is 7.03. The fraction of sp³-hybridized carbons (Fsp3) is 0.353. The second kappa shape index (κ2) is 6.58. The molecule has 2 aliphatic heterocycles. The van der Waals surface area contributed by atoms with Crippen LogP contribution in [0.15, 0.2) is 36.9 Å². The Morgan fingerprint density at radius 3 is 2.81 bits per heavy atom. The van der Waals surface area contributed by atoms with Crippen LogP contribution in [0.4, 0.5) is 5.13 Å². The van der Waals surface area contributed by atoms with Crippen molar-refractivity contribution in [1.29, 1.82) is 0 Å². The molecule has 0 N–H and O–H groups in total. The molecule has 26 heavy (non-hydrogen) atoms. The quantitative estimate of drug-likeness (QED) is 0.693. The lowest BCUT2D eigenvalue weighted by atomic mass is 10.1. The van der Waals surface area contributed by atoms with Gasteiger partial charge in [-0.15, -0.1) is 0 Å². The molecule has 2 aliphatic rings. The predicted octanol–water partition coefficient (Wildman–Crippen LogP) is 1.77. The van der Waals surface area contributed by atoms with Crippen LogP contribution in [0, 0.1) is 0 Å². The fourth-order valence-corrected chi connectivity index (χ4v) is 3.93. The van der Waals surface area contributed by atoms with Crippen molar-refractivity contribution in [2.24, 2.45) is 0 Å². The van der Waals surface area contributed by atoms with Crippen molar-refractivity contribution in [2.45, 2.75) is 6.54 Å². The molecular weight excluding hydrogens is 352 g/mol. The zero-order chi connectivity index (χ0) is 17.3. The van der Waals surface area contributed by atoms with Gasteiger partial charge in [0.15, 0.2) is 11.5 Å². The van der Waals surface area contributed by atoms with E-state index < -0.39 is 0 Å². The highest BCUT2D eigenvalue weighted by atomic mass is 32.1. The number of anilines is 1. The summed E-state index contributed by atoms with van der Waals surface area (Å²) in [5.41, 5.74) is 1.25. The van der Waals surface area contributed by atoms with Crippen LogP contribution in [-0.4, -0.2) is 56.8 Å². The number of imidazole rings is 1. The Balaban J connectivity index is 1.20. The molecule has 0 bridgehead atoms. The Morgan fingerprint density at radius 2 is 1.96 bits per heavy atom. The van der Waals surface area contributed by atoms with Gasteiger partial charge in [-0.1, -0.05) is 6.07 Å². The van der Waals surface area contributed by atoms with Crippen LogP contribution in [0.25, 0.3) is 5.95 Å². The summed E-state index contributed by atoms with van der Waals surface area (Å²) in [7, 11) is 0. The van der Waals surface area contributed by atoms with Crippen LogP contribution in [0.1, 0.15) is 5.56 Å². The molecule has 1 aromatic carbocycles. The summed E-state index contributed by atoms with van der Waals surface area (Å²) in [4.78, 5) is 13.4. The molecule has 0 unspecified atom stereocenters. The lowest BCUT2D eigenvalue weighted by Gasteiger charge is -2.34. The Hall–Kier alpha value is -2.65. The summed E-state index contributed by atoms with van der Waals surface area (Å²) >= 11 is 1.44. The van der Waals surface area contributed by atoms with Gasteiger partial charge in [0.25, 0.3) is 0 Å². The number of benzene rings is 1. The fourth-order valence-electron chi connectivity index (χ4n) is 3.21. The zero-order valence-electron chi connectivity index (χ0n) is 14.1. The van der Waals surface area contributed by atoms with Gasteiger partial charge >= 0.3 is 0 Å². The minimum atomic E-state index is 0.320. The third-order valence-corrected chi connectivity index (χ3v) is 5.39. The monoisotopic (exact) mass is 370 g/mol. The lowest BCUT2D eigenvalue weighted by molar-refractivity contribution is 0.174. The van der Waals surface area contributed by atoms with Gasteiger partial charge in [0.05, 0.1) is 0 Å². The van der Waals surface area contributed by atoms with Crippen molar-refractivity contribution in [1.82, 2.24) is 23.8 Å². The van der Waals surface area contributed by atoms with E-state index in [1.807, 2.05) is 16.8 Å². The van der Waals surface area contributed by atoms with Crippen LogP contribution in [-0.2, 0) is 6.54 Å². The van der Waals surface area contributed by atoms with Crippen molar-refractivity contribution >= 4 is 16.7 Å². The van der Waals surface area contributed by atoms with Crippen molar-refractivity contribution in [2.75, 3.05) is 37.9 Å². The molecular formula is C17H18N6O2S. The Kier molecular flexibility index (Phi) is 3.95. The first-order valence-electron chi connectivity index (χ1n) is 8.53. The summed E-state index contributed by atoms with van der Waals surface area (Å²) in [6.07, 6.45) is 5.31. The number of hydrogen-bond acceptors (Lipinski definition) is 8. The molecule has 134 valence electrons. The number of aromatic nitrogens is 4. The van der Waals surface area contributed by atoms with Gasteiger partial charge in [0, 0.05) is 56.6 Å².